The van der Waals surface area contributed by atoms with Gasteiger partial charge in [0, 0.05) is 34.1 Å². The van der Waals surface area contributed by atoms with Gasteiger partial charge < -0.3 is 9.80 Å². The predicted octanol–water partition coefficient (Wildman–Crippen LogP) is 13.4. The van der Waals surface area contributed by atoms with Crippen LogP contribution in [0.2, 0.25) is 0 Å². The Balaban J connectivity index is 1.15. The number of hydrogen-bond acceptors (Lipinski definition) is 2. The lowest BCUT2D eigenvalue weighted by Gasteiger charge is -2.36. The van der Waals surface area contributed by atoms with E-state index in [1.165, 1.54) is 72.3 Å². The number of fused-ring (bicyclic) bond motifs is 5. The third-order valence-electron chi connectivity index (χ3n) is 12.4. The van der Waals surface area contributed by atoms with Crippen molar-refractivity contribution in [3.05, 3.63) is 199 Å². The van der Waals surface area contributed by atoms with Gasteiger partial charge in [0.05, 0.1) is 0 Å². The smallest absolute Gasteiger partial charge is 0.248 e. The predicted molar refractivity (Wildman–Crippen MR) is 254 cm³/mol. The molecule has 0 saturated heterocycles. The first-order chi connectivity index (χ1) is 28.5. The molecular formula is C56H49BN2. The second-order valence-electron chi connectivity index (χ2n) is 18.3. The summed E-state index contributed by atoms with van der Waals surface area (Å²) in [5, 5.41) is 0. The molecule has 2 nitrogen and oxygen atoms in total. The Hall–Kier alpha value is -6.58. The molecule has 2 heterocycles. The average molecular weight is 761 g/mol. The summed E-state index contributed by atoms with van der Waals surface area (Å²) in [6.45, 7) is 13.8. The Bertz CT molecular complexity index is 2790. The van der Waals surface area contributed by atoms with Crippen LogP contribution in [0.5, 0.6) is 0 Å². The van der Waals surface area contributed by atoms with Gasteiger partial charge in [-0.15, -0.1) is 0 Å². The van der Waals surface area contributed by atoms with Crippen molar-refractivity contribution >= 4 is 57.2 Å². The van der Waals surface area contributed by atoms with Crippen LogP contribution in [0.25, 0.3) is 33.4 Å². The zero-order valence-electron chi connectivity index (χ0n) is 34.9. The maximum atomic E-state index is 2.53. The van der Waals surface area contributed by atoms with Gasteiger partial charge >= 0.3 is 0 Å². The van der Waals surface area contributed by atoms with E-state index in [-0.39, 0.29) is 17.5 Å². The summed E-state index contributed by atoms with van der Waals surface area (Å²) in [5.74, 6) is 0. The van der Waals surface area contributed by atoms with E-state index in [9.17, 15) is 0 Å². The van der Waals surface area contributed by atoms with Crippen molar-refractivity contribution < 1.29 is 0 Å². The van der Waals surface area contributed by atoms with Gasteiger partial charge in [0.1, 0.15) is 0 Å². The Morgan fingerprint density at radius 3 is 1.53 bits per heavy atom. The van der Waals surface area contributed by atoms with Gasteiger partial charge in [0.2, 0.25) is 6.71 Å². The van der Waals surface area contributed by atoms with Gasteiger partial charge in [0.25, 0.3) is 0 Å². The number of para-hydroxylation sites is 2. The fraction of sp³-hybridized carbons (Fsp3) is 0.143. The Kier molecular flexibility index (Phi) is 8.76. The standard InChI is InChI=1S/C56H49BN2/c1-55(2,3)42-28-23-38(24-29-42)40-15-13-20-46(35-40)59-52-22-14-21-48-49-37-47(58(44-16-9-7-10-17-44)45-18-11-8-12-19-45)32-34-50(49)57(54(48)52)51-33-27-41(36-53(51)59)39-25-30-43(31-26-39)56(4,5)6/h7-37H,1-6H3. The third-order valence-corrected chi connectivity index (χ3v) is 12.4. The van der Waals surface area contributed by atoms with Gasteiger partial charge in [0.15, 0.2) is 0 Å². The minimum Gasteiger partial charge on any atom is -0.311 e. The lowest BCUT2D eigenvalue weighted by Crippen LogP contribution is -2.54. The molecular weight excluding hydrogens is 711 g/mol. The number of nitrogens with zero attached hydrogens (tertiary/aromatic N) is 2. The van der Waals surface area contributed by atoms with E-state index in [0.717, 1.165) is 22.7 Å². The van der Waals surface area contributed by atoms with E-state index in [1.54, 1.807) is 0 Å². The topological polar surface area (TPSA) is 6.48 Å². The van der Waals surface area contributed by atoms with Crippen LogP contribution in [-0.4, -0.2) is 6.71 Å². The Morgan fingerprint density at radius 2 is 0.932 bits per heavy atom. The molecule has 0 fully saturated rings. The van der Waals surface area contributed by atoms with E-state index in [0.29, 0.717) is 0 Å². The molecule has 0 bridgehead atoms. The summed E-state index contributed by atoms with van der Waals surface area (Å²) in [6, 6.07) is 70.0. The Labute approximate surface area is 350 Å². The van der Waals surface area contributed by atoms with Crippen LogP contribution in [0.1, 0.15) is 52.7 Å². The number of anilines is 6. The third kappa shape index (κ3) is 6.46. The van der Waals surface area contributed by atoms with Crippen LogP contribution < -0.4 is 26.2 Å². The molecule has 0 aromatic heterocycles. The van der Waals surface area contributed by atoms with Crippen molar-refractivity contribution in [1.82, 2.24) is 0 Å². The monoisotopic (exact) mass is 760 g/mol. The number of benzene rings is 8. The lowest BCUT2D eigenvalue weighted by atomic mass is 9.37. The summed E-state index contributed by atoms with van der Waals surface area (Å²) < 4.78 is 0. The van der Waals surface area contributed by atoms with E-state index in [1.807, 2.05) is 0 Å². The van der Waals surface area contributed by atoms with Crippen LogP contribution in [0.3, 0.4) is 0 Å². The largest absolute Gasteiger partial charge is 0.311 e. The molecule has 10 rings (SSSR count). The molecule has 0 radical (unpaired) electrons. The molecule has 3 heteroatoms. The van der Waals surface area contributed by atoms with Gasteiger partial charge in [-0.2, -0.15) is 0 Å². The molecule has 286 valence electrons. The van der Waals surface area contributed by atoms with Crippen LogP contribution in [0.15, 0.2) is 188 Å². The second kappa shape index (κ2) is 14.1. The van der Waals surface area contributed by atoms with Crippen molar-refractivity contribution in [2.24, 2.45) is 0 Å². The van der Waals surface area contributed by atoms with Crippen molar-refractivity contribution in [2.75, 3.05) is 9.80 Å². The van der Waals surface area contributed by atoms with Gasteiger partial charge in [-0.3, -0.25) is 0 Å². The molecule has 0 atom stereocenters. The summed E-state index contributed by atoms with van der Waals surface area (Å²) in [7, 11) is 0. The maximum Gasteiger partial charge on any atom is 0.248 e. The second-order valence-corrected chi connectivity index (χ2v) is 18.3. The van der Waals surface area contributed by atoms with E-state index in [2.05, 4.69) is 239 Å². The minimum atomic E-state index is 0.0969. The minimum absolute atomic E-state index is 0.0969. The zero-order valence-corrected chi connectivity index (χ0v) is 34.9. The SMILES string of the molecule is CC(C)(C)c1ccc(-c2cccc(N3c4cc(-c5ccc(C(C)(C)C)cc5)ccc4B4c5ccc(N(c6ccccc6)c6ccccc6)cc5-c5cccc3c54)c2)cc1. The summed E-state index contributed by atoms with van der Waals surface area (Å²) in [5.41, 5.74) is 21.5. The highest BCUT2D eigenvalue weighted by Crippen LogP contribution is 2.44. The molecule has 0 saturated carbocycles. The normalized spacial score (nSPS) is 12.8. The van der Waals surface area contributed by atoms with Crippen LogP contribution in [-0.2, 0) is 10.8 Å². The molecule has 2 aliphatic heterocycles. The highest BCUT2D eigenvalue weighted by molar-refractivity contribution is 7.01. The summed E-state index contributed by atoms with van der Waals surface area (Å²) >= 11 is 0. The lowest BCUT2D eigenvalue weighted by molar-refractivity contribution is 0.590. The first-order valence-electron chi connectivity index (χ1n) is 21.0. The molecule has 8 aromatic carbocycles. The van der Waals surface area contributed by atoms with Crippen molar-refractivity contribution in [1.29, 1.82) is 0 Å². The van der Waals surface area contributed by atoms with E-state index in [4.69, 9.17) is 0 Å². The molecule has 0 N–H and O–H groups in total. The number of rotatable bonds is 6. The molecule has 0 amide bonds. The van der Waals surface area contributed by atoms with Crippen molar-refractivity contribution in [3.63, 3.8) is 0 Å². The molecule has 8 aromatic rings. The molecule has 2 aliphatic rings. The van der Waals surface area contributed by atoms with Crippen molar-refractivity contribution in [2.45, 2.75) is 52.4 Å². The highest BCUT2D eigenvalue weighted by atomic mass is 15.2. The summed E-state index contributed by atoms with van der Waals surface area (Å²) in [4.78, 5) is 4.89. The fourth-order valence-corrected chi connectivity index (χ4v) is 9.25. The first-order valence-corrected chi connectivity index (χ1v) is 21.0. The molecule has 0 unspecified atom stereocenters. The molecule has 0 spiro atoms. The molecule has 59 heavy (non-hydrogen) atoms. The van der Waals surface area contributed by atoms with Gasteiger partial charge in [-0.05, 0) is 127 Å². The van der Waals surface area contributed by atoms with Gasteiger partial charge in [-0.25, -0.2) is 0 Å². The first kappa shape index (κ1) is 36.7. The average Bonchev–Trinajstić information content (AvgIpc) is 3.59. The van der Waals surface area contributed by atoms with E-state index >= 15 is 0 Å². The zero-order chi connectivity index (χ0) is 40.5. The Morgan fingerprint density at radius 1 is 0.390 bits per heavy atom. The number of hydrogen-bond donors (Lipinski definition) is 0. The van der Waals surface area contributed by atoms with Crippen molar-refractivity contribution in [3.8, 4) is 33.4 Å². The van der Waals surface area contributed by atoms with Crippen LogP contribution in [0.4, 0.5) is 34.1 Å². The van der Waals surface area contributed by atoms with Crippen LogP contribution >= 0.6 is 0 Å². The van der Waals surface area contributed by atoms with Gasteiger partial charge in [-0.1, -0.05) is 174 Å². The maximum absolute atomic E-state index is 2.53. The summed E-state index contributed by atoms with van der Waals surface area (Å²) in [6.07, 6.45) is 0. The molecule has 0 aliphatic carbocycles. The highest BCUT2D eigenvalue weighted by Gasteiger charge is 2.42. The fourth-order valence-electron chi connectivity index (χ4n) is 9.25. The quantitative estimate of drug-likeness (QED) is 0.156. The van der Waals surface area contributed by atoms with Crippen LogP contribution in [0, 0.1) is 0 Å². The van der Waals surface area contributed by atoms with E-state index < -0.39 is 0 Å².